The molecule has 0 aliphatic heterocycles. The minimum absolute atomic E-state index is 0.366. The number of methoxy groups -OCH3 is 2. The van der Waals surface area contributed by atoms with Gasteiger partial charge >= 0.3 is 6.09 Å². The number of ether oxygens (including phenoxy) is 2. The first-order chi connectivity index (χ1) is 19.2. The summed E-state index contributed by atoms with van der Waals surface area (Å²) < 4.78 is 12.5. The number of hydrogen-bond acceptors (Lipinski definition) is 8. The first-order valence-corrected chi connectivity index (χ1v) is 12.6. The van der Waals surface area contributed by atoms with E-state index in [1.165, 1.54) is 18.1 Å². The average Bonchev–Trinajstić information content (AvgIpc) is 3.31. The molecule has 0 aliphatic rings. The van der Waals surface area contributed by atoms with Gasteiger partial charge in [-0.2, -0.15) is 0 Å². The van der Waals surface area contributed by atoms with Crippen LogP contribution in [0.5, 0.6) is 5.75 Å². The maximum Gasteiger partial charge on any atom is 0.409 e. The van der Waals surface area contributed by atoms with Crippen LogP contribution in [0.1, 0.15) is 0 Å². The van der Waals surface area contributed by atoms with E-state index in [0.29, 0.717) is 41.8 Å². The van der Waals surface area contributed by atoms with Crippen molar-refractivity contribution in [2.75, 3.05) is 56.9 Å². The molecular formula is C29H33N7O4. The number of rotatable bonds is 10. The largest absolute Gasteiger partial charge is 0.494 e. The normalized spacial score (nSPS) is 10.6. The summed E-state index contributed by atoms with van der Waals surface area (Å²) in [6, 6.07) is 13.6. The van der Waals surface area contributed by atoms with Crippen LogP contribution < -0.4 is 20.3 Å². The van der Waals surface area contributed by atoms with Gasteiger partial charge in [-0.15, -0.1) is 0 Å². The Morgan fingerprint density at radius 3 is 2.60 bits per heavy atom. The van der Waals surface area contributed by atoms with Crippen molar-refractivity contribution >= 4 is 45.9 Å². The van der Waals surface area contributed by atoms with Crippen molar-refractivity contribution in [1.29, 1.82) is 0 Å². The molecule has 0 aliphatic carbocycles. The van der Waals surface area contributed by atoms with E-state index in [0.717, 1.165) is 22.2 Å². The Bertz CT molecular complexity index is 1550. The number of hydrogen-bond donors (Lipinski definition) is 2. The van der Waals surface area contributed by atoms with Gasteiger partial charge in [0.25, 0.3) is 0 Å². The fraction of sp³-hybridized carbons (Fsp3) is 0.241. The zero-order chi connectivity index (χ0) is 28.8. The fourth-order valence-electron chi connectivity index (χ4n) is 4.34. The molecule has 0 spiro atoms. The molecule has 11 nitrogen and oxygen atoms in total. The van der Waals surface area contributed by atoms with Crippen LogP contribution in [0, 0.1) is 0 Å². The summed E-state index contributed by atoms with van der Waals surface area (Å²) in [4.78, 5) is 36.6. The van der Waals surface area contributed by atoms with Gasteiger partial charge < -0.3 is 34.5 Å². The predicted molar refractivity (Wildman–Crippen MR) is 157 cm³/mol. The highest BCUT2D eigenvalue weighted by Gasteiger charge is 2.18. The van der Waals surface area contributed by atoms with E-state index in [2.05, 4.69) is 38.9 Å². The lowest BCUT2D eigenvalue weighted by molar-refractivity contribution is -0.111. The zero-order valence-corrected chi connectivity index (χ0v) is 23.3. The molecule has 0 bridgehead atoms. The van der Waals surface area contributed by atoms with Crippen molar-refractivity contribution in [3.8, 4) is 17.0 Å². The second-order valence-electron chi connectivity index (χ2n) is 9.14. The average molecular weight is 544 g/mol. The van der Waals surface area contributed by atoms with Gasteiger partial charge in [0.05, 0.1) is 37.0 Å². The Balaban J connectivity index is 1.67. The van der Waals surface area contributed by atoms with Crippen LogP contribution >= 0.6 is 0 Å². The van der Waals surface area contributed by atoms with Crippen LogP contribution in [-0.4, -0.2) is 72.8 Å². The lowest BCUT2D eigenvalue weighted by Crippen LogP contribution is -2.35. The van der Waals surface area contributed by atoms with Gasteiger partial charge in [-0.3, -0.25) is 4.79 Å². The van der Waals surface area contributed by atoms with E-state index in [1.54, 1.807) is 32.5 Å². The summed E-state index contributed by atoms with van der Waals surface area (Å²) in [5.41, 5.74) is 4.61. The number of amides is 2. The third kappa shape index (κ3) is 5.98. The topological polar surface area (TPSA) is 114 Å². The van der Waals surface area contributed by atoms with Gasteiger partial charge in [-0.25, -0.2) is 14.8 Å². The monoisotopic (exact) mass is 543 g/mol. The third-order valence-electron chi connectivity index (χ3n) is 6.50. The molecule has 40 heavy (non-hydrogen) atoms. The minimum atomic E-state index is -0.434. The molecule has 0 fully saturated rings. The van der Waals surface area contributed by atoms with E-state index in [9.17, 15) is 9.59 Å². The lowest BCUT2D eigenvalue weighted by Gasteiger charge is -2.26. The zero-order valence-electron chi connectivity index (χ0n) is 23.3. The molecular weight excluding hydrogens is 510 g/mol. The Hall–Kier alpha value is -5.06. The smallest absolute Gasteiger partial charge is 0.409 e. The SMILES string of the molecule is C=CC(=O)Nc1cc(Nc2nccc(-c3cn(C)c4ccccc34)n2)c(OC)cc1N(C)CCN(C)C(=O)OC. The highest BCUT2D eigenvalue weighted by atomic mass is 16.5. The highest BCUT2D eigenvalue weighted by molar-refractivity contribution is 6.02. The number of anilines is 4. The van der Waals surface area contributed by atoms with Crippen molar-refractivity contribution in [1.82, 2.24) is 19.4 Å². The molecule has 0 saturated heterocycles. The molecule has 208 valence electrons. The fourth-order valence-corrected chi connectivity index (χ4v) is 4.34. The molecule has 2 aromatic carbocycles. The summed E-state index contributed by atoms with van der Waals surface area (Å²) in [7, 11) is 8.41. The van der Waals surface area contributed by atoms with Gasteiger partial charge in [-0.1, -0.05) is 24.8 Å². The Morgan fingerprint density at radius 2 is 1.88 bits per heavy atom. The van der Waals surface area contributed by atoms with Gasteiger partial charge in [0, 0.05) is 69.2 Å². The first kappa shape index (κ1) is 28.0. The summed E-state index contributed by atoms with van der Waals surface area (Å²) >= 11 is 0. The molecule has 0 unspecified atom stereocenters. The van der Waals surface area contributed by atoms with Crippen molar-refractivity contribution in [3.05, 3.63) is 67.5 Å². The summed E-state index contributed by atoms with van der Waals surface area (Å²) in [6.45, 7) is 4.42. The van der Waals surface area contributed by atoms with Crippen molar-refractivity contribution in [2.45, 2.75) is 0 Å². The van der Waals surface area contributed by atoms with Crippen LogP contribution in [0.25, 0.3) is 22.2 Å². The van der Waals surface area contributed by atoms with Crippen LogP contribution in [0.3, 0.4) is 0 Å². The molecule has 0 atom stereocenters. The van der Waals surface area contributed by atoms with Crippen LogP contribution in [0.15, 0.2) is 67.5 Å². The van der Waals surface area contributed by atoms with E-state index in [-0.39, 0.29) is 5.91 Å². The Kier molecular flexibility index (Phi) is 8.53. The summed E-state index contributed by atoms with van der Waals surface area (Å²) in [5.74, 6) is 0.510. The van der Waals surface area contributed by atoms with Gasteiger partial charge in [0.1, 0.15) is 5.75 Å². The molecule has 4 rings (SSSR count). The predicted octanol–water partition coefficient (Wildman–Crippen LogP) is 4.65. The number of aromatic nitrogens is 3. The number of aryl methyl sites for hydroxylation is 1. The van der Waals surface area contributed by atoms with Gasteiger partial charge in [-0.05, 0) is 24.3 Å². The number of likely N-dealkylation sites (N-methyl/N-ethyl adjacent to an activating group) is 2. The first-order valence-electron chi connectivity index (χ1n) is 12.6. The number of carbonyl (C=O) groups is 2. The number of nitrogens with one attached hydrogen (secondary N) is 2. The quantitative estimate of drug-likeness (QED) is 0.278. The number of fused-ring (bicyclic) bond motifs is 1. The van der Waals surface area contributed by atoms with Gasteiger partial charge in [0.2, 0.25) is 11.9 Å². The van der Waals surface area contributed by atoms with Crippen molar-refractivity contribution < 1.29 is 19.1 Å². The number of para-hydroxylation sites is 1. The molecule has 0 saturated carbocycles. The van der Waals surface area contributed by atoms with Crippen molar-refractivity contribution in [2.24, 2.45) is 7.05 Å². The molecule has 2 N–H and O–H groups in total. The summed E-state index contributed by atoms with van der Waals surface area (Å²) in [5, 5.41) is 7.19. The maximum atomic E-state index is 12.3. The van der Waals surface area contributed by atoms with Gasteiger partial charge in [0.15, 0.2) is 0 Å². The second-order valence-corrected chi connectivity index (χ2v) is 9.14. The molecule has 2 aromatic heterocycles. The van der Waals surface area contributed by atoms with Crippen LogP contribution in [0.4, 0.5) is 27.8 Å². The van der Waals surface area contributed by atoms with E-state index in [4.69, 9.17) is 14.5 Å². The highest BCUT2D eigenvalue weighted by Crippen LogP contribution is 2.38. The van der Waals surface area contributed by atoms with E-state index in [1.807, 2.05) is 43.4 Å². The maximum absolute atomic E-state index is 12.3. The number of carbonyl (C=O) groups excluding carboxylic acids is 2. The number of benzene rings is 2. The Labute approximate surface area is 233 Å². The molecule has 2 amide bonds. The standard InChI is InChI=1S/C29H33N7O4/c1-7-27(37)31-22-16-23(26(39-5)17-25(22)34(2)14-15-35(3)29(38)40-6)33-28-30-13-12-21(32-28)20-18-36(4)24-11-9-8-10-19(20)24/h7-13,16-18H,1,14-15H2,2-6H3,(H,31,37)(H,30,32,33). The number of nitrogens with zero attached hydrogens (tertiary/aromatic N) is 5. The minimum Gasteiger partial charge on any atom is -0.494 e. The van der Waals surface area contributed by atoms with Crippen LogP contribution in [0.2, 0.25) is 0 Å². The van der Waals surface area contributed by atoms with Crippen LogP contribution in [-0.2, 0) is 16.6 Å². The lowest BCUT2D eigenvalue weighted by atomic mass is 10.1. The molecule has 0 radical (unpaired) electrons. The molecule has 11 heteroatoms. The second kappa shape index (κ2) is 12.2. The molecule has 4 aromatic rings. The summed E-state index contributed by atoms with van der Waals surface area (Å²) in [6.07, 6.45) is 4.50. The van der Waals surface area contributed by atoms with E-state index >= 15 is 0 Å². The van der Waals surface area contributed by atoms with E-state index < -0.39 is 6.09 Å². The Morgan fingerprint density at radius 1 is 1.10 bits per heavy atom. The van der Waals surface area contributed by atoms with Crippen molar-refractivity contribution in [3.63, 3.8) is 0 Å². The molecule has 2 heterocycles. The third-order valence-corrected chi connectivity index (χ3v) is 6.50.